The predicted molar refractivity (Wildman–Crippen MR) is 78.4 cm³/mol. The molecule has 0 saturated carbocycles. The van der Waals surface area contributed by atoms with E-state index < -0.39 is 11.9 Å². The highest BCUT2D eigenvalue weighted by Crippen LogP contribution is 2.13. The number of nitrogens with zero attached hydrogens (tertiary/aromatic N) is 1. The monoisotopic (exact) mass is 307 g/mol. The number of hydrogen-bond acceptors (Lipinski definition) is 5. The van der Waals surface area contributed by atoms with Gasteiger partial charge < -0.3 is 15.4 Å². The topological polar surface area (TPSA) is 91.2 Å². The number of nitriles is 1. The lowest BCUT2D eigenvalue weighted by atomic mass is 10.2. The van der Waals surface area contributed by atoms with Gasteiger partial charge in [-0.3, -0.25) is 9.59 Å². The number of carbonyl (C=O) groups is 2. The van der Waals surface area contributed by atoms with Gasteiger partial charge in [-0.05, 0) is 31.2 Å². The van der Waals surface area contributed by atoms with Crippen LogP contribution in [0.1, 0.15) is 6.92 Å². The van der Waals surface area contributed by atoms with Crippen molar-refractivity contribution in [2.75, 3.05) is 18.5 Å². The highest BCUT2D eigenvalue weighted by Gasteiger charge is 2.09. The Balaban J connectivity index is 2.58. The van der Waals surface area contributed by atoms with Crippen LogP contribution >= 0.6 is 11.6 Å². The summed E-state index contributed by atoms with van der Waals surface area (Å²) < 4.78 is 4.70. The molecule has 0 unspecified atom stereocenters. The molecule has 0 spiro atoms. The molecule has 0 aromatic heterocycles. The summed E-state index contributed by atoms with van der Waals surface area (Å²) in [7, 11) is 0. The van der Waals surface area contributed by atoms with E-state index in [-0.39, 0.29) is 18.7 Å². The van der Waals surface area contributed by atoms with Crippen molar-refractivity contribution in [1.29, 1.82) is 5.26 Å². The van der Waals surface area contributed by atoms with Crippen LogP contribution in [0.5, 0.6) is 0 Å². The highest BCUT2D eigenvalue weighted by molar-refractivity contribution is 6.30. The average molecular weight is 308 g/mol. The SMILES string of the molecule is CCOC(=O)CN/C=C(/C#N)C(=O)Nc1ccc(Cl)cc1. The number of anilines is 1. The second-order valence-corrected chi connectivity index (χ2v) is 4.25. The number of benzene rings is 1. The fourth-order valence-electron chi connectivity index (χ4n) is 1.33. The first-order valence-electron chi connectivity index (χ1n) is 6.13. The molecule has 0 heterocycles. The number of esters is 1. The number of hydrogen-bond donors (Lipinski definition) is 2. The highest BCUT2D eigenvalue weighted by atomic mass is 35.5. The van der Waals surface area contributed by atoms with Crippen molar-refractivity contribution in [2.45, 2.75) is 6.92 Å². The fourth-order valence-corrected chi connectivity index (χ4v) is 1.45. The maximum Gasteiger partial charge on any atom is 0.325 e. The molecule has 6 nitrogen and oxygen atoms in total. The molecule has 0 fully saturated rings. The van der Waals surface area contributed by atoms with Crippen LogP contribution in [-0.2, 0) is 14.3 Å². The number of nitrogens with one attached hydrogen (secondary N) is 2. The lowest BCUT2D eigenvalue weighted by molar-refractivity contribution is -0.141. The van der Waals surface area contributed by atoms with Crippen LogP contribution in [-0.4, -0.2) is 25.0 Å². The third-order valence-corrected chi connectivity index (χ3v) is 2.52. The lowest BCUT2D eigenvalue weighted by Gasteiger charge is -2.05. The van der Waals surface area contributed by atoms with Gasteiger partial charge in [0.2, 0.25) is 0 Å². The van der Waals surface area contributed by atoms with Crippen LogP contribution in [0.15, 0.2) is 36.0 Å². The molecule has 0 saturated heterocycles. The van der Waals surface area contributed by atoms with E-state index in [1.54, 1.807) is 37.3 Å². The van der Waals surface area contributed by atoms with Crippen LogP contribution in [0.3, 0.4) is 0 Å². The van der Waals surface area contributed by atoms with Gasteiger partial charge in [0, 0.05) is 16.9 Å². The van der Waals surface area contributed by atoms with Gasteiger partial charge in [0.1, 0.15) is 18.2 Å². The Morgan fingerprint density at radius 1 is 1.38 bits per heavy atom. The molecule has 1 amide bonds. The van der Waals surface area contributed by atoms with E-state index in [2.05, 4.69) is 10.6 Å². The summed E-state index contributed by atoms with van der Waals surface area (Å²) >= 11 is 5.73. The van der Waals surface area contributed by atoms with Crippen molar-refractivity contribution < 1.29 is 14.3 Å². The molecule has 0 aliphatic rings. The van der Waals surface area contributed by atoms with E-state index in [1.165, 1.54) is 6.20 Å². The first-order chi connectivity index (χ1) is 10.1. The molecule has 1 rings (SSSR count). The smallest absolute Gasteiger partial charge is 0.325 e. The standard InChI is InChI=1S/C14H14ClN3O3/c1-2-21-13(19)9-17-8-10(7-16)14(20)18-12-5-3-11(15)4-6-12/h3-6,8,17H,2,9H2,1H3,(H,18,20)/b10-8-. The zero-order chi connectivity index (χ0) is 15.7. The van der Waals surface area contributed by atoms with E-state index in [4.69, 9.17) is 21.6 Å². The number of amides is 1. The molecule has 0 aliphatic heterocycles. The Morgan fingerprint density at radius 3 is 2.62 bits per heavy atom. The molecule has 0 radical (unpaired) electrons. The number of halogens is 1. The molecular weight excluding hydrogens is 294 g/mol. The Bertz CT molecular complexity index is 576. The number of ether oxygens (including phenoxy) is 1. The lowest BCUT2D eigenvalue weighted by Crippen LogP contribution is -2.22. The zero-order valence-corrected chi connectivity index (χ0v) is 12.1. The Kier molecular flexibility index (Phi) is 6.78. The van der Waals surface area contributed by atoms with E-state index >= 15 is 0 Å². The van der Waals surface area contributed by atoms with Crippen molar-refractivity contribution in [1.82, 2.24) is 5.32 Å². The third kappa shape index (κ3) is 5.97. The summed E-state index contributed by atoms with van der Waals surface area (Å²) in [4.78, 5) is 22.9. The molecule has 7 heteroatoms. The number of carbonyl (C=O) groups excluding carboxylic acids is 2. The Hall–Kier alpha value is -2.52. The average Bonchev–Trinajstić information content (AvgIpc) is 2.46. The van der Waals surface area contributed by atoms with E-state index in [0.29, 0.717) is 10.7 Å². The molecule has 0 bridgehead atoms. The van der Waals surface area contributed by atoms with Crippen molar-refractivity contribution in [3.63, 3.8) is 0 Å². The van der Waals surface area contributed by atoms with Crippen LogP contribution in [0, 0.1) is 11.3 Å². The molecule has 21 heavy (non-hydrogen) atoms. The summed E-state index contributed by atoms with van der Waals surface area (Å²) in [6, 6.07) is 8.21. The molecular formula is C14H14ClN3O3. The van der Waals surface area contributed by atoms with E-state index in [0.717, 1.165) is 0 Å². The second-order valence-electron chi connectivity index (χ2n) is 3.82. The summed E-state index contributed by atoms with van der Waals surface area (Å²) in [6.45, 7) is 1.84. The quantitative estimate of drug-likeness (QED) is 0.475. The minimum absolute atomic E-state index is 0.118. The van der Waals surface area contributed by atoms with Crippen molar-refractivity contribution >= 4 is 29.2 Å². The number of rotatable bonds is 6. The van der Waals surface area contributed by atoms with E-state index in [9.17, 15) is 9.59 Å². The minimum atomic E-state index is -0.587. The van der Waals surface area contributed by atoms with Crippen molar-refractivity contribution in [3.8, 4) is 6.07 Å². The molecule has 0 atom stereocenters. The van der Waals surface area contributed by atoms with Gasteiger partial charge in [-0.2, -0.15) is 5.26 Å². The largest absolute Gasteiger partial charge is 0.465 e. The van der Waals surface area contributed by atoms with Crippen LogP contribution in [0.4, 0.5) is 5.69 Å². The molecule has 2 N–H and O–H groups in total. The predicted octanol–water partition coefficient (Wildman–Crippen LogP) is 1.84. The maximum absolute atomic E-state index is 11.8. The van der Waals surface area contributed by atoms with Gasteiger partial charge in [0.25, 0.3) is 5.91 Å². The van der Waals surface area contributed by atoms with Crippen LogP contribution < -0.4 is 10.6 Å². The van der Waals surface area contributed by atoms with Gasteiger partial charge in [0.15, 0.2) is 0 Å². The summed E-state index contributed by atoms with van der Waals surface area (Å²) in [5, 5.41) is 14.6. The van der Waals surface area contributed by atoms with Crippen molar-refractivity contribution in [2.24, 2.45) is 0 Å². The molecule has 1 aromatic rings. The third-order valence-electron chi connectivity index (χ3n) is 2.27. The van der Waals surface area contributed by atoms with Crippen molar-refractivity contribution in [3.05, 3.63) is 41.1 Å². The first kappa shape index (κ1) is 16.5. The molecule has 0 aliphatic carbocycles. The molecule has 1 aromatic carbocycles. The summed E-state index contributed by atoms with van der Waals surface area (Å²) in [5.41, 5.74) is 0.352. The Labute approximate surface area is 127 Å². The second kappa shape index (κ2) is 8.61. The molecule has 110 valence electrons. The maximum atomic E-state index is 11.8. The summed E-state index contributed by atoms with van der Waals surface area (Å²) in [6.07, 6.45) is 1.17. The van der Waals surface area contributed by atoms with Crippen LogP contribution in [0.2, 0.25) is 5.02 Å². The van der Waals surface area contributed by atoms with Gasteiger partial charge in [-0.1, -0.05) is 11.6 Å². The first-order valence-corrected chi connectivity index (χ1v) is 6.50. The van der Waals surface area contributed by atoms with E-state index in [1.807, 2.05) is 0 Å². The van der Waals surface area contributed by atoms with Crippen LogP contribution in [0.25, 0.3) is 0 Å². The summed E-state index contributed by atoms with van der Waals surface area (Å²) in [5.74, 6) is -1.06. The fraction of sp³-hybridized carbons (Fsp3) is 0.214. The van der Waals surface area contributed by atoms with Gasteiger partial charge in [-0.15, -0.1) is 0 Å². The zero-order valence-electron chi connectivity index (χ0n) is 11.4. The van der Waals surface area contributed by atoms with Gasteiger partial charge >= 0.3 is 5.97 Å². The van der Waals surface area contributed by atoms with Gasteiger partial charge in [0.05, 0.1) is 6.61 Å². The van der Waals surface area contributed by atoms with Gasteiger partial charge in [-0.25, -0.2) is 0 Å². The normalized spacial score (nSPS) is 10.4. The Morgan fingerprint density at radius 2 is 2.05 bits per heavy atom. The minimum Gasteiger partial charge on any atom is -0.465 e.